The first kappa shape index (κ1) is 8.80. The van der Waals surface area contributed by atoms with Crippen LogP contribution in [0.15, 0.2) is 24.4 Å². The van der Waals surface area contributed by atoms with Gasteiger partial charge in [-0.25, -0.2) is 4.98 Å². The lowest BCUT2D eigenvalue weighted by atomic mass is 10.2. The zero-order chi connectivity index (χ0) is 8.65. The Bertz CT molecular complexity index is 266. The highest BCUT2D eigenvalue weighted by Gasteiger charge is 1.82. The fourth-order valence-electron chi connectivity index (χ4n) is 0.855. The maximum Gasteiger partial charge on any atom is 0.113 e. The second kappa shape index (κ2) is 5.37. The molecule has 0 saturated carbocycles. The molecule has 0 aromatic carbocycles. The molecular weight excluding hydrogens is 146 g/mol. The van der Waals surface area contributed by atoms with Gasteiger partial charge in [-0.3, -0.25) is 0 Å². The molecule has 1 heterocycles. The van der Waals surface area contributed by atoms with Crippen LogP contribution in [0.1, 0.15) is 31.9 Å². The van der Waals surface area contributed by atoms with Crippen LogP contribution in [0.25, 0.3) is 0 Å². The molecule has 1 aromatic rings. The van der Waals surface area contributed by atoms with E-state index in [2.05, 4.69) is 23.7 Å². The van der Waals surface area contributed by atoms with Gasteiger partial charge in [0.2, 0.25) is 0 Å². The van der Waals surface area contributed by atoms with E-state index >= 15 is 0 Å². The SMILES string of the molecule is CCCCC#Cc1ccccn1. The predicted molar refractivity (Wildman–Crippen MR) is 50.6 cm³/mol. The summed E-state index contributed by atoms with van der Waals surface area (Å²) in [7, 11) is 0. The maximum absolute atomic E-state index is 4.10. The molecule has 12 heavy (non-hydrogen) atoms. The van der Waals surface area contributed by atoms with Crippen molar-refractivity contribution in [3.05, 3.63) is 30.1 Å². The molecule has 0 fully saturated rings. The van der Waals surface area contributed by atoms with Gasteiger partial charge < -0.3 is 0 Å². The topological polar surface area (TPSA) is 12.9 Å². The largest absolute Gasteiger partial charge is 0.248 e. The van der Waals surface area contributed by atoms with Gasteiger partial charge in [-0.1, -0.05) is 25.3 Å². The summed E-state index contributed by atoms with van der Waals surface area (Å²) in [6.07, 6.45) is 5.13. The van der Waals surface area contributed by atoms with Gasteiger partial charge in [0.15, 0.2) is 0 Å². The van der Waals surface area contributed by atoms with Crippen molar-refractivity contribution in [3.63, 3.8) is 0 Å². The van der Waals surface area contributed by atoms with Crippen molar-refractivity contribution in [2.75, 3.05) is 0 Å². The average molecular weight is 159 g/mol. The molecule has 0 aliphatic rings. The molecule has 0 N–H and O–H groups in total. The molecule has 1 nitrogen and oxygen atoms in total. The molecule has 0 amide bonds. The van der Waals surface area contributed by atoms with Crippen LogP contribution in [-0.4, -0.2) is 4.98 Å². The number of aromatic nitrogens is 1. The molecule has 0 atom stereocenters. The number of nitrogens with zero attached hydrogens (tertiary/aromatic N) is 1. The van der Waals surface area contributed by atoms with E-state index in [1.165, 1.54) is 12.8 Å². The molecule has 1 heteroatoms. The maximum atomic E-state index is 4.10. The zero-order valence-corrected chi connectivity index (χ0v) is 7.38. The van der Waals surface area contributed by atoms with E-state index in [1.807, 2.05) is 18.2 Å². The highest BCUT2D eigenvalue weighted by molar-refractivity contribution is 5.26. The van der Waals surface area contributed by atoms with Crippen LogP contribution in [0.5, 0.6) is 0 Å². The molecule has 0 saturated heterocycles. The third-order valence-electron chi connectivity index (χ3n) is 1.54. The van der Waals surface area contributed by atoms with Crippen molar-refractivity contribution in [1.82, 2.24) is 4.98 Å². The monoisotopic (exact) mass is 159 g/mol. The first-order chi connectivity index (χ1) is 5.93. The van der Waals surface area contributed by atoms with Crippen molar-refractivity contribution in [2.45, 2.75) is 26.2 Å². The summed E-state index contributed by atoms with van der Waals surface area (Å²) in [5.74, 6) is 6.11. The predicted octanol–water partition coefficient (Wildman–Crippen LogP) is 2.62. The molecule has 0 unspecified atom stereocenters. The Hall–Kier alpha value is -1.29. The smallest absolute Gasteiger partial charge is 0.113 e. The summed E-state index contributed by atoms with van der Waals surface area (Å²) in [5, 5.41) is 0. The molecule has 0 aliphatic carbocycles. The number of pyridine rings is 1. The Morgan fingerprint density at radius 2 is 2.33 bits per heavy atom. The van der Waals surface area contributed by atoms with Crippen LogP contribution in [0.4, 0.5) is 0 Å². The number of hydrogen-bond acceptors (Lipinski definition) is 1. The molecular formula is C11H13N. The van der Waals surface area contributed by atoms with Gasteiger partial charge >= 0.3 is 0 Å². The molecule has 0 bridgehead atoms. The van der Waals surface area contributed by atoms with Crippen LogP contribution >= 0.6 is 0 Å². The van der Waals surface area contributed by atoms with Crippen LogP contribution in [0.2, 0.25) is 0 Å². The highest BCUT2D eigenvalue weighted by Crippen LogP contribution is 1.93. The summed E-state index contributed by atoms with van der Waals surface area (Å²) < 4.78 is 0. The van der Waals surface area contributed by atoms with Crippen LogP contribution < -0.4 is 0 Å². The molecule has 1 aromatic heterocycles. The summed E-state index contributed by atoms with van der Waals surface area (Å²) >= 11 is 0. The Balaban J connectivity index is 2.44. The molecule has 0 spiro atoms. The van der Waals surface area contributed by atoms with Gasteiger partial charge in [-0.15, -0.1) is 0 Å². The van der Waals surface area contributed by atoms with Crippen LogP contribution in [0, 0.1) is 11.8 Å². The number of unbranched alkanes of at least 4 members (excludes halogenated alkanes) is 2. The van der Waals surface area contributed by atoms with E-state index in [0.717, 1.165) is 12.1 Å². The standard InChI is InChI=1S/C11H13N/c1-2-3-4-5-8-11-9-6-7-10-12-11/h6-7,9-10H,2-4H2,1H3. The van der Waals surface area contributed by atoms with Crippen LogP contribution in [0.3, 0.4) is 0 Å². The molecule has 0 aliphatic heterocycles. The van der Waals surface area contributed by atoms with Crippen molar-refractivity contribution in [1.29, 1.82) is 0 Å². The lowest BCUT2D eigenvalue weighted by molar-refractivity contribution is 0.828. The third kappa shape index (κ3) is 3.21. The van der Waals surface area contributed by atoms with Crippen molar-refractivity contribution < 1.29 is 0 Å². The lowest BCUT2D eigenvalue weighted by Crippen LogP contribution is -1.78. The Morgan fingerprint density at radius 3 is 3.00 bits per heavy atom. The number of hydrogen-bond donors (Lipinski definition) is 0. The summed E-state index contributed by atoms with van der Waals surface area (Å²) in [5.41, 5.74) is 0.869. The van der Waals surface area contributed by atoms with E-state index in [4.69, 9.17) is 0 Å². The van der Waals surface area contributed by atoms with Crippen molar-refractivity contribution in [2.24, 2.45) is 0 Å². The summed E-state index contributed by atoms with van der Waals surface area (Å²) in [4.78, 5) is 4.10. The zero-order valence-electron chi connectivity index (χ0n) is 7.38. The van der Waals surface area contributed by atoms with Gasteiger partial charge in [-0.05, 0) is 24.5 Å². The van der Waals surface area contributed by atoms with Crippen molar-refractivity contribution >= 4 is 0 Å². The molecule has 1 rings (SSSR count). The van der Waals surface area contributed by atoms with E-state index in [9.17, 15) is 0 Å². The van der Waals surface area contributed by atoms with Gasteiger partial charge in [0.1, 0.15) is 5.69 Å². The highest BCUT2D eigenvalue weighted by atomic mass is 14.6. The molecule has 0 radical (unpaired) electrons. The summed E-state index contributed by atoms with van der Waals surface area (Å²) in [6.45, 7) is 2.17. The van der Waals surface area contributed by atoms with Crippen molar-refractivity contribution in [3.8, 4) is 11.8 Å². The van der Waals surface area contributed by atoms with Gasteiger partial charge in [0.05, 0.1) is 0 Å². The minimum absolute atomic E-state index is 0.869. The third-order valence-corrected chi connectivity index (χ3v) is 1.54. The Labute approximate surface area is 73.8 Å². The van der Waals surface area contributed by atoms with Gasteiger partial charge in [-0.2, -0.15) is 0 Å². The first-order valence-electron chi connectivity index (χ1n) is 4.33. The van der Waals surface area contributed by atoms with E-state index < -0.39 is 0 Å². The quantitative estimate of drug-likeness (QED) is 0.477. The van der Waals surface area contributed by atoms with E-state index in [0.29, 0.717) is 0 Å². The number of rotatable bonds is 2. The van der Waals surface area contributed by atoms with Gasteiger partial charge in [0, 0.05) is 12.6 Å². The Morgan fingerprint density at radius 1 is 1.42 bits per heavy atom. The van der Waals surface area contributed by atoms with E-state index in [-0.39, 0.29) is 0 Å². The second-order valence-electron chi connectivity index (χ2n) is 2.62. The second-order valence-corrected chi connectivity index (χ2v) is 2.62. The minimum atomic E-state index is 0.869. The normalized spacial score (nSPS) is 8.75. The molecule has 62 valence electrons. The lowest BCUT2D eigenvalue weighted by Gasteiger charge is -1.86. The average Bonchev–Trinajstić information content (AvgIpc) is 2.14. The van der Waals surface area contributed by atoms with Gasteiger partial charge in [0.25, 0.3) is 0 Å². The summed E-state index contributed by atoms with van der Waals surface area (Å²) in [6, 6.07) is 5.78. The first-order valence-corrected chi connectivity index (χ1v) is 4.33. The fourth-order valence-corrected chi connectivity index (χ4v) is 0.855. The Kier molecular flexibility index (Phi) is 3.94. The minimum Gasteiger partial charge on any atom is -0.248 e. The fraction of sp³-hybridized carbons (Fsp3) is 0.364. The van der Waals surface area contributed by atoms with Crippen LogP contribution in [-0.2, 0) is 0 Å². The van der Waals surface area contributed by atoms with E-state index in [1.54, 1.807) is 6.20 Å².